The van der Waals surface area contributed by atoms with Crippen LogP contribution in [0.25, 0.3) is 0 Å². The van der Waals surface area contributed by atoms with Gasteiger partial charge in [0, 0.05) is 22.8 Å². The molecule has 1 aromatic rings. The smallest absolute Gasteiger partial charge is 0.0328 e. The molecule has 15 heavy (non-hydrogen) atoms. The molecule has 0 unspecified atom stereocenters. The molecule has 3 heteroatoms. The molecule has 0 spiro atoms. The van der Waals surface area contributed by atoms with Crippen molar-refractivity contribution < 1.29 is 0 Å². The van der Waals surface area contributed by atoms with Crippen LogP contribution >= 0.6 is 11.3 Å². The molecule has 1 aromatic heterocycles. The molecule has 84 valence electrons. The molecule has 0 aliphatic carbocycles. The molecule has 0 amide bonds. The van der Waals surface area contributed by atoms with Crippen LogP contribution < -0.4 is 5.73 Å². The molecule has 0 radical (unpaired) electrons. The Labute approximate surface area is 96.1 Å². The van der Waals surface area contributed by atoms with Crippen LogP contribution in [0.4, 0.5) is 0 Å². The summed E-state index contributed by atoms with van der Waals surface area (Å²) in [6.07, 6.45) is 5.56. The summed E-state index contributed by atoms with van der Waals surface area (Å²) >= 11 is 1.87. The lowest BCUT2D eigenvalue weighted by atomic mass is 10.2. The summed E-state index contributed by atoms with van der Waals surface area (Å²) in [4.78, 5) is 5.36. The summed E-state index contributed by atoms with van der Waals surface area (Å²) in [6, 6.07) is 4.40. The van der Waals surface area contributed by atoms with E-state index in [0.717, 1.165) is 6.54 Å². The quantitative estimate of drug-likeness (QED) is 0.855. The van der Waals surface area contributed by atoms with E-state index >= 15 is 0 Å². The first-order valence-electron chi connectivity index (χ1n) is 5.88. The van der Waals surface area contributed by atoms with Crippen LogP contribution in [0.15, 0.2) is 12.1 Å². The molecule has 2 rings (SSSR count). The molecule has 2 nitrogen and oxygen atoms in total. The fraction of sp³-hybridized carbons (Fsp3) is 0.667. The Morgan fingerprint density at radius 3 is 2.33 bits per heavy atom. The van der Waals surface area contributed by atoms with Crippen molar-refractivity contribution in [1.29, 1.82) is 0 Å². The number of hydrogen-bond donors (Lipinski definition) is 1. The Kier molecular flexibility index (Phi) is 4.18. The van der Waals surface area contributed by atoms with E-state index < -0.39 is 0 Å². The van der Waals surface area contributed by atoms with Gasteiger partial charge in [-0.15, -0.1) is 11.3 Å². The second-order valence-electron chi connectivity index (χ2n) is 4.26. The summed E-state index contributed by atoms with van der Waals surface area (Å²) in [5.74, 6) is 0. The monoisotopic (exact) mass is 224 g/mol. The highest BCUT2D eigenvalue weighted by atomic mass is 32.1. The second kappa shape index (κ2) is 5.64. The normalized spacial score (nSPS) is 19.0. The van der Waals surface area contributed by atoms with Gasteiger partial charge in [0.05, 0.1) is 0 Å². The number of nitrogens with two attached hydrogens (primary N) is 1. The fourth-order valence-electron chi connectivity index (χ4n) is 2.13. The van der Waals surface area contributed by atoms with Gasteiger partial charge in [0.1, 0.15) is 0 Å². The van der Waals surface area contributed by atoms with E-state index in [4.69, 9.17) is 5.73 Å². The van der Waals surface area contributed by atoms with E-state index in [1.165, 1.54) is 48.5 Å². The first-order valence-corrected chi connectivity index (χ1v) is 6.70. The van der Waals surface area contributed by atoms with Crippen LogP contribution in [0.5, 0.6) is 0 Å². The molecule has 0 saturated carbocycles. The molecule has 1 fully saturated rings. The maximum absolute atomic E-state index is 5.62. The van der Waals surface area contributed by atoms with Crippen LogP contribution in [0.1, 0.15) is 35.4 Å². The van der Waals surface area contributed by atoms with Gasteiger partial charge in [-0.05, 0) is 38.1 Å². The average Bonchev–Trinajstić information content (AvgIpc) is 2.54. The molecule has 1 saturated heterocycles. The SMILES string of the molecule is NCc1ccc(CN2CCCCCC2)s1. The van der Waals surface area contributed by atoms with Crippen molar-refractivity contribution in [1.82, 2.24) is 4.90 Å². The third-order valence-electron chi connectivity index (χ3n) is 3.00. The van der Waals surface area contributed by atoms with Gasteiger partial charge >= 0.3 is 0 Å². The largest absolute Gasteiger partial charge is 0.326 e. The number of hydrogen-bond acceptors (Lipinski definition) is 3. The Bertz CT molecular complexity index is 288. The van der Waals surface area contributed by atoms with Crippen molar-refractivity contribution in [2.45, 2.75) is 38.8 Å². The summed E-state index contributed by atoms with van der Waals surface area (Å²) < 4.78 is 0. The van der Waals surface area contributed by atoms with Gasteiger partial charge in [-0.2, -0.15) is 0 Å². The zero-order chi connectivity index (χ0) is 10.5. The lowest BCUT2D eigenvalue weighted by Crippen LogP contribution is -2.23. The summed E-state index contributed by atoms with van der Waals surface area (Å²) in [5.41, 5.74) is 5.62. The van der Waals surface area contributed by atoms with Crippen LogP contribution in [0, 0.1) is 0 Å². The van der Waals surface area contributed by atoms with Gasteiger partial charge in [0.2, 0.25) is 0 Å². The van der Waals surface area contributed by atoms with Crippen molar-refractivity contribution in [3.05, 3.63) is 21.9 Å². The molecule has 2 heterocycles. The summed E-state index contributed by atoms with van der Waals surface area (Å²) in [7, 11) is 0. The average molecular weight is 224 g/mol. The summed E-state index contributed by atoms with van der Waals surface area (Å²) in [5, 5.41) is 0. The molecule has 2 N–H and O–H groups in total. The molecule has 0 aromatic carbocycles. The molecule has 0 atom stereocenters. The molecular weight excluding hydrogens is 204 g/mol. The predicted molar refractivity (Wildman–Crippen MR) is 66.0 cm³/mol. The van der Waals surface area contributed by atoms with Gasteiger partial charge in [-0.1, -0.05) is 12.8 Å². The predicted octanol–water partition coefficient (Wildman–Crippen LogP) is 2.58. The number of rotatable bonds is 3. The first kappa shape index (κ1) is 11.1. The highest BCUT2D eigenvalue weighted by molar-refractivity contribution is 7.11. The standard InChI is InChI=1S/C12H20N2S/c13-9-11-5-6-12(15-11)10-14-7-3-1-2-4-8-14/h5-6H,1-4,7-10,13H2. The highest BCUT2D eigenvalue weighted by Gasteiger charge is 2.10. The minimum atomic E-state index is 0.685. The Morgan fingerprint density at radius 1 is 1.07 bits per heavy atom. The highest BCUT2D eigenvalue weighted by Crippen LogP contribution is 2.19. The van der Waals surface area contributed by atoms with Crippen LogP contribution in [0.2, 0.25) is 0 Å². The fourth-order valence-corrected chi connectivity index (χ4v) is 3.07. The molecular formula is C12H20N2S. The zero-order valence-corrected chi connectivity index (χ0v) is 10.1. The van der Waals surface area contributed by atoms with Crippen molar-refractivity contribution in [2.24, 2.45) is 5.73 Å². The van der Waals surface area contributed by atoms with Crippen molar-refractivity contribution >= 4 is 11.3 Å². The third kappa shape index (κ3) is 3.30. The lowest BCUT2D eigenvalue weighted by Gasteiger charge is -2.18. The van der Waals surface area contributed by atoms with E-state index in [2.05, 4.69) is 17.0 Å². The number of likely N-dealkylation sites (tertiary alicyclic amines) is 1. The van der Waals surface area contributed by atoms with Crippen molar-refractivity contribution in [3.8, 4) is 0 Å². The minimum absolute atomic E-state index is 0.685. The maximum Gasteiger partial charge on any atom is 0.0328 e. The van der Waals surface area contributed by atoms with Crippen LogP contribution in [-0.4, -0.2) is 18.0 Å². The second-order valence-corrected chi connectivity index (χ2v) is 5.52. The Balaban J connectivity index is 1.89. The molecule has 0 bridgehead atoms. The van der Waals surface area contributed by atoms with Crippen LogP contribution in [-0.2, 0) is 13.1 Å². The molecule has 1 aliphatic rings. The Morgan fingerprint density at radius 2 is 1.73 bits per heavy atom. The lowest BCUT2D eigenvalue weighted by molar-refractivity contribution is 0.279. The zero-order valence-electron chi connectivity index (χ0n) is 9.24. The number of thiophene rings is 1. The van der Waals surface area contributed by atoms with Crippen molar-refractivity contribution in [2.75, 3.05) is 13.1 Å². The Hall–Kier alpha value is -0.380. The van der Waals surface area contributed by atoms with Gasteiger partial charge in [-0.25, -0.2) is 0 Å². The van der Waals surface area contributed by atoms with Gasteiger partial charge < -0.3 is 5.73 Å². The third-order valence-corrected chi connectivity index (χ3v) is 4.09. The molecule has 1 aliphatic heterocycles. The van der Waals surface area contributed by atoms with E-state index in [1.807, 2.05) is 11.3 Å². The topological polar surface area (TPSA) is 29.3 Å². The van der Waals surface area contributed by atoms with E-state index in [1.54, 1.807) is 0 Å². The van der Waals surface area contributed by atoms with Crippen molar-refractivity contribution in [3.63, 3.8) is 0 Å². The van der Waals surface area contributed by atoms with Gasteiger partial charge in [0.15, 0.2) is 0 Å². The summed E-state index contributed by atoms with van der Waals surface area (Å²) in [6.45, 7) is 4.36. The van der Waals surface area contributed by atoms with Crippen LogP contribution in [0.3, 0.4) is 0 Å². The van der Waals surface area contributed by atoms with Gasteiger partial charge in [0.25, 0.3) is 0 Å². The van der Waals surface area contributed by atoms with E-state index in [0.29, 0.717) is 6.54 Å². The van der Waals surface area contributed by atoms with Gasteiger partial charge in [-0.3, -0.25) is 4.90 Å². The minimum Gasteiger partial charge on any atom is -0.326 e. The number of nitrogens with zero attached hydrogens (tertiary/aromatic N) is 1. The maximum atomic E-state index is 5.62. The van der Waals surface area contributed by atoms with E-state index in [-0.39, 0.29) is 0 Å². The first-order chi connectivity index (χ1) is 7.38. The van der Waals surface area contributed by atoms with E-state index in [9.17, 15) is 0 Å².